The Labute approximate surface area is 112 Å². The van der Waals surface area contributed by atoms with Gasteiger partial charge in [0.05, 0.1) is 12.1 Å². The van der Waals surface area contributed by atoms with Crippen LogP contribution >= 0.6 is 11.5 Å². The number of carbonyl (C=O) groups is 1. The number of amides is 2. The Morgan fingerprint density at radius 3 is 2.89 bits per heavy atom. The van der Waals surface area contributed by atoms with Crippen molar-refractivity contribution in [1.29, 1.82) is 0 Å². The molecule has 1 aromatic rings. The van der Waals surface area contributed by atoms with Crippen molar-refractivity contribution in [3.8, 4) is 0 Å². The van der Waals surface area contributed by atoms with E-state index in [0.717, 1.165) is 5.06 Å². The summed E-state index contributed by atoms with van der Waals surface area (Å²) in [7, 11) is -4.70. The lowest BCUT2D eigenvalue weighted by Gasteiger charge is -2.28. The molecule has 2 aliphatic heterocycles. The molecule has 11 heteroatoms. The smallest absolute Gasteiger partial charge is 0.311 e. The molecular formula is C8H10N4O5S2. The first-order valence-electron chi connectivity index (χ1n) is 5.49. The number of hydroxylamine groups is 2. The van der Waals surface area contributed by atoms with Gasteiger partial charge in [-0.25, -0.2) is 9.78 Å². The van der Waals surface area contributed by atoms with E-state index in [1.165, 1.54) is 22.8 Å². The molecule has 0 spiro atoms. The van der Waals surface area contributed by atoms with Gasteiger partial charge in [-0.2, -0.15) is 17.9 Å². The molecule has 1 N–H and O–H groups in total. The van der Waals surface area contributed by atoms with Crippen LogP contribution < -0.4 is 0 Å². The third-order valence-corrected chi connectivity index (χ3v) is 4.27. The van der Waals surface area contributed by atoms with Crippen LogP contribution in [0.3, 0.4) is 0 Å². The first kappa shape index (κ1) is 12.7. The summed E-state index contributed by atoms with van der Waals surface area (Å²) >= 11 is 1.20. The van der Waals surface area contributed by atoms with Crippen LogP contribution in [0.15, 0.2) is 6.33 Å². The van der Waals surface area contributed by atoms with Gasteiger partial charge in [0.1, 0.15) is 11.3 Å². The molecule has 3 rings (SSSR count). The second-order valence-electron chi connectivity index (χ2n) is 4.29. The van der Waals surface area contributed by atoms with Crippen molar-refractivity contribution < 1.29 is 22.0 Å². The van der Waals surface area contributed by atoms with Crippen molar-refractivity contribution in [2.24, 2.45) is 0 Å². The molecule has 2 saturated heterocycles. The Balaban J connectivity index is 1.84. The summed E-state index contributed by atoms with van der Waals surface area (Å²) in [6, 6.07) is -1.18. The summed E-state index contributed by atoms with van der Waals surface area (Å²) in [6.07, 6.45) is 2.64. The minimum Gasteiger partial charge on any atom is -0.311 e. The quantitative estimate of drug-likeness (QED) is 0.794. The molecule has 1 aromatic heterocycles. The lowest BCUT2D eigenvalue weighted by Crippen LogP contribution is -2.35. The minimum absolute atomic E-state index is 0.216. The van der Waals surface area contributed by atoms with Crippen LogP contribution in [0, 0.1) is 0 Å². The summed E-state index contributed by atoms with van der Waals surface area (Å²) in [6.45, 7) is 0.346. The molecule has 2 unspecified atom stereocenters. The van der Waals surface area contributed by atoms with Crippen molar-refractivity contribution >= 4 is 28.0 Å². The molecule has 19 heavy (non-hydrogen) atoms. The second-order valence-corrected chi connectivity index (χ2v) is 6.11. The predicted octanol–water partition coefficient (Wildman–Crippen LogP) is 0.214. The zero-order valence-electron chi connectivity index (χ0n) is 9.54. The lowest BCUT2D eigenvalue weighted by molar-refractivity contribution is -0.0317. The Bertz CT molecular complexity index is 588. The lowest BCUT2D eigenvalue weighted by atomic mass is 10.0. The van der Waals surface area contributed by atoms with E-state index in [1.807, 2.05) is 0 Å². The SMILES string of the molecule is O=C1N2CC(CCC2c2ncns2)N1OS(=O)(=O)O. The third-order valence-electron chi connectivity index (χ3n) is 3.16. The Morgan fingerprint density at radius 2 is 2.26 bits per heavy atom. The van der Waals surface area contributed by atoms with Crippen LogP contribution in [-0.4, -0.2) is 50.9 Å². The topological polar surface area (TPSA) is 113 Å². The number of carbonyl (C=O) groups excluding carboxylic acids is 1. The maximum Gasteiger partial charge on any atom is 0.418 e. The normalized spacial score (nSPS) is 27.1. The van der Waals surface area contributed by atoms with E-state index >= 15 is 0 Å². The van der Waals surface area contributed by atoms with Gasteiger partial charge in [0.25, 0.3) is 0 Å². The van der Waals surface area contributed by atoms with E-state index < -0.39 is 16.4 Å². The van der Waals surface area contributed by atoms with Gasteiger partial charge < -0.3 is 4.90 Å². The van der Waals surface area contributed by atoms with Crippen LogP contribution in [0.2, 0.25) is 0 Å². The summed E-state index contributed by atoms with van der Waals surface area (Å²) in [5.74, 6) is 0. The van der Waals surface area contributed by atoms with Gasteiger partial charge in [-0.3, -0.25) is 4.55 Å². The average molecular weight is 306 g/mol. The number of aromatic nitrogens is 2. The standard InChI is InChI=1S/C8H10N4O5S2/c13-8-11-3-5(12(8)17-19(14,15)16)1-2-6(11)7-9-4-10-18-7/h4-6H,1-3H2,(H,14,15,16). The van der Waals surface area contributed by atoms with E-state index in [9.17, 15) is 13.2 Å². The molecule has 2 aliphatic rings. The van der Waals surface area contributed by atoms with E-state index in [1.54, 1.807) is 0 Å². The van der Waals surface area contributed by atoms with Crippen LogP contribution in [-0.2, 0) is 14.7 Å². The highest BCUT2D eigenvalue weighted by Gasteiger charge is 2.48. The summed E-state index contributed by atoms with van der Waals surface area (Å²) in [5, 5.41) is 1.43. The zero-order valence-corrected chi connectivity index (χ0v) is 11.2. The van der Waals surface area contributed by atoms with Crippen LogP contribution in [0.1, 0.15) is 23.9 Å². The molecule has 2 amide bonds. The van der Waals surface area contributed by atoms with Gasteiger partial charge in [-0.15, -0.1) is 4.28 Å². The first-order valence-corrected chi connectivity index (χ1v) is 7.63. The fraction of sp³-hybridized carbons (Fsp3) is 0.625. The number of piperidine rings is 1. The Kier molecular flexibility index (Phi) is 2.92. The van der Waals surface area contributed by atoms with Crippen LogP contribution in [0.4, 0.5) is 4.79 Å². The van der Waals surface area contributed by atoms with Gasteiger partial charge in [0.15, 0.2) is 0 Å². The second kappa shape index (κ2) is 4.37. The molecule has 0 saturated carbocycles. The van der Waals surface area contributed by atoms with Crippen molar-refractivity contribution in [3.63, 3.8) is 0 Å². The van der Waals surface area contributed by atoms with Crippen molar-refractivity contribution in [3.05, 3.63) is 11.3 Å². The average Bonchev–Trinajstić information content (AvgIpc) is 2.93. The van der Waals surface area contributed by atoms with Gasteiger partial charge in [0.2, 0.25) is 0 Å². The fourth-order valence-corrected chi connectivity index (χ4v) is 3.47. The number of urea groups is 1. The van der Waals surface area contributed by atoms with Crippen molar-refractivity contribution in [2.75, 3.05) is 6.54 Å². The molecule has 2 fully saturated rings. The highest BCUT2D eigenvalue weighted by Crippen LogP contribution is 2.38. The number of hydrogen-bond acceptors (Lipinski definition) is 7. The number of rotatable bonds is 3. The fourth-order valence-electron chi connectivity index (χ4n) is 2.42. The highest BCUT2D eigenvalue weighted by atomic mass is 32.3. The predicted molar refractivity (Wildman–Crippen MR) is 62.2 cm³/mol. The molecular weight excluding hydrogens is 296 g/mol. The number of nitrogens with zero attached hydrogens (tertiary/aromatic N) is 4. The zero-order chi connectivity index (χ0) is 13.6. The van der Waals surface area contributed by atoms with E-state index in [0.29, 0.717) is 24.4 Å². The number of fused-ring (bicyclic) bond motifs is 2. The van der Waals surface area contributed by atoms with Crippen molar-refractivity contribution in [1.82, 2.24) is 19.3 Å². The molecule has 2 atom stereocenters. The minimum atomic E-state index is -4.70. The summed E-state index contributed by atoms with van der Waals surface area (Å²) in [4.78, 5) is 17.6. The molecule has 104 valence electrons. The number of hydrogen-bond donors (Lipinski definition) is 1. The largest absolute Gasteiger partial charge is 0.418 e. The molecule has 2 bridgehead atoms. The molecule has 0 aliphatic carbocycles. The maximum absolute atomic E-state index is 12.1. The molecule has 0 aromatic carbocycles. The highest BCUT2D eigenvalue weighted by molar-refractivity contribution is 7.80. The van der Waals surface area contributed by atoms with E-state index in [-0.39, 0.29) is 12.1 Å². The summed E-state index contributed by atoms with van der Waals surface area (Å²) < 4.78 is 38.4. The van der Waals surface area contributed by atoms with E-state index in [4.69, 9.17) is 4.55 Å². The van der Waals surface area contributed by atoms with E-state index in [2.05, 4.69) is 13.6 Å². The van der Waals surface area contributed by atoms with Crippen molar-refractivity contribution in [2.45, 2.75) is 24.9 Å². The van der Waals surface area contributed by atoms with Gasteiger partial charge >= 0.3 is 16.4 Å². The summed E-state index contributed by atoms with van der Waals surface area (Å²) in [5.41, 5.74) is 0. The Hall–Kier alpha value is -1.30. The van der Waals surface area contributed by atoms with Crippen LogP contribution in [0.25, 0.3) is 0 Å². The molecule has 0 radical (unpaired) electrons. The maximum atomic E-state index is 12.1. The monoisotopic (exact) mass is 306 g/mol. The Morgan fingerprint density at radius 1 is 1.47 bits per heavy atom. The van der Waals surface area contributed by atoms with Gasteiger partial charge in [-0.05, 0) is 24.4 Å². The third kappa shape index (κ3) is 2.29. The van der Waals surface area contributed by atoms with Gasteiger partial charge in [-0.1, -0.05) is 0 Å². The van der Waals surface area contributed by atoms with Gasteiger partial charge in [0, 0.05) is 6.54 Å². The molecule has 3 heterocycles. The molecule has 9 nitrogen and oxygen atoms in total. The first-order chi connectivity index (χ1) is 8.96. The van der Waals surface area contributed by atoms with Crippen LogP contribution in [0.5, 0.6) is 0 Å².